The molecule has 2 aliphatic rings. The summed E-state index contributed by atoms with van der Waals surface area (Å²) < 4.78 is 15.7. The van der Waals surface area contributed by atoms with Crippen LogP contribution in [0.1, 0.15) is 27.0 Å². The van der Waals surface area contributed by atoms with Crippen LogP contribution in [0.15, 0.2) is 90.0 Å². The van der Waals surface area contributed by atoms with Gasteiger partial charge in [0.05, 0.1) is 5.56 Å². The van der Waals surface area contributed by atoms with Crippen LogP contribution in [0.25, 0.3) is 39.0 Å². The average molecular weight is 695 g/mol. The quantitative estimate of drug-likeness (QED) is 0.173. The van der Waals surface area contributed by atoms with Gasteiger partial charge in [-0.3, -0.25) is 19.6 Å². The number of aromatic amines is 2. The number of benzene rings is 3. The highest BCUT2D eigenvalue weighted by atomic mass is 19.1. The van der Waals surface area contributed by atoms with Gasteiger partial charge in [0.2, 0.25) is 5.95 Å². The van der Waals surface area contributed by atoms with Crippen LogP contribution in [0, 0.1) is 12.7 Å². The number of carbonyl (C=O) groups excluding carboxylic acids is 1. The number of aromatic nitrogens is 6. The molecule has 0 radical (unpaired) electrons. The van der Waals surface area contributed by atoms with E-state index in [9.17, 15) is 14.0 Å². The molecule has 12 nitrogen and oxygen atoms in total. The van der Waals surface area contributed by atoms with Crippen LogP contribution < -0.4 is 21.1 Å². The number of aryl methyl sites for hydroxylation is 1. The first-order valence-electron chi connectivity index (χ1n) is 17.3. The Hall–Kier alpha value is -6.34. The first-order valence-corrected chi connectivity index (χ1v) is 17.3. The fraction of sp³-hybridized carbons (Fsp3) is 0.205. The molecule has 0 unspecified atom stereocenters. The first-order chi connectivity index (χ1) is 25.4. The zero-order chi connectivity index (χ0) is 35.3. The molecule has 0 atom stereocenters. The van der Waals surface area contributed by atoms with Crippen LogP contribution in [0.3, 0.4) is 0 Å². The Morgan fingerprint density at radius 3 is 2.58 bits per heavy atom. The van der Waals surface area contributed by atoms with E-state index in [0.717, 1.165) is 66.3 Å². The molecule has 0 saturated carbocycles. The lowest BCUT2D eigenvalue weighted by molar-refractivity contribution is 0.0956. The fourth-order valence-corrected chi connectivity index (χ4v) is 7.36. The Morgan fingerprint density at radius 1 is 0.942 bits per heavy atom. The molecule has 4 aromatic heterocycles. The van der Waals surface area contributed by atoms with Gasteiger partial charge in [0.25, 0.3) is 11.5 Å². The number of nitrogens with zero attached hydrogens (tertiary/aromatic N) is 6. The number of piperazine rings is 1. The van der Waals surface area contributed by atoms with E-state index >= 15 is 0 Å². The Bertz CT molecular complexity index is 2530. The number of H-pyrrole nitrogens is 2. The molecule has 9 rings (SSSR count). The maximum absolute atomic E-state index is 14.4. The molecule has 0 aliphatic carbocycles. The topological polar surface area (TPSA) is 140 Å². The van der Waals surface area contributed by atoms with Crippen LogP contribution in [0.5, 0.6) is 0 Å². The van der Waals surface area contributed by atoms with Crippen molar-refractivity contribution < 1.29 is 9.18 Å². The Balaban J connectivity index is 0.837. The van der Waals surface area contributed by atoms with Gasteiger partial charge in [-0.2, -0.15) is 9.67 Å². The maximum Gasteiger partial charge on any atom is 0.283 e. The molecule has 6 heterocycles. The molecule has 1 saturated heterocycles. The zero-order valence-electron chi connectivity index (χ0n) is 28.4. The van der Waals surface area contributed by atoms with Crippen molar-refractivity contribution in [3.05, 3.63) is 124 Å². The summed E-state index contributed by atoms with van der Waals surface area (Å²) in [4.78, 5) is 46.9. The monoisotopic (exact) mass is 694 g/mol. The highest BCUT2D eigenvalue weighted by Gasteiger charge is 2.24. The number of hydrogen-bond donors (Lipinski definition) is 4. The number of pyridine rings is 1. The summed E-state index contributed by atoms with van der Waals surface area (Å²) >= 11 is 0. The molecular formula is C39H35FN10O2. The molecule has 4 N–H and O–H groups in total. The van der Waals surface area contributed by atoms with Crippen LogP contribution in [0.4, 0.5) is 21.7 Å². The summed E-state index contributed by atoms with van der Waals surface area (Å²) in [6.45, 7) is 7.21. The van der Waals surface area contributed by atoms with Gasteiger partial charge in [-0.05, 0) is 90.2 Å². The van der Waals surface area contributed by atoms with Crippen LogP contribution >= 0.6 is 0 Å². The smallest absolute Gasteiger partial charge is 0.283 e. The van der Waals surface area contributed by atoms with E-state index in [1.165, 1.54) is 34.1 Å². The number of rotatable bonds is 7. The largest absolute Gasteiger partial charge is 0.369 e. The van der Waals surface area contributed by atoms with E-state index in [4.69, 9.17) is 0 Å². The lowest BCUT2D eigenvalue weighted by Gasteiger charge is -2.36. The van der Waals surface area contributed by atoms with Gasteiger partial charge >= 0.3 is 0 Å². The summed E-state index contributed by atoms with van der Waals surface area (Å²) in [7, 11) is 0. The van der Waals surface area contributed by atoms with Crippen molar-refractivity contribution >= 4 is 45.2 Å². The first kappa shape index (κ1) is 31.6. The molecule has 7 aromatic rings. The van der Waals surface area contributed by atoms with E-state index in [2.05, 4.69) is 82.7 Å². The van der Waals surface area contributed by atoms with Crippen molar-refractivity contribution in [2.75, 3.05) is 42.9 Å². The SMILES string of the molecule is Cc1cc(-c2[nH]c3cc(F)cc4c3c2CCNC4=O)ccc1CN1CCN(c2ccc(Nc3ncc4c(=O)n(-c5ccccn5)[nH]c4n3)cc2)CC1. The van der Waals surface area contributed by atoms with Gasteiger partial charge in [0.15, 0.2) is 11.5 Å². The van der Waals surface area contributed by atoms with Crippen molar-refractivity contribution in [1.82, 2.24) is 39.9 Å². The summed E-state index contributed by atoms with van der Waals surface area (Å²) in [6, 6.07) is 22.9. The molecule has 260 valence electrons. The molecule has 0 spiro atoms. The molecule has 1 fully saturated rings. The third kappa shape index (κ3) is 5.74. The van der Waals surface area contributed by atoms with E-state index < -0.39 is 5.82 Å². The second kappa shape index (κ2) is 12.8. The van der Waals surface area contributed by atoms with Crippen molar-refractivity contribution in [2.45, 2.75) is 19.9 Å². The van der Waals surface area contributed by atoms with Gasteiger partial charge in [0, 0.05) is 79.6 Å². The van der Waals surface area contributed by atoms with E-state index in [1.807, 2.05) is 18.2 Å². The lowest BCUT2D eigenvalue weighted by Crippen LogP contribution is -2.46. The third-order valence-electron chi connectivity index (χ3n) is 10.1. The summed E-state index contributed by atoms with van der Waals surface area (Å²) in [6.07, 6.45) is 3.83. The average Bonchev–Trinajstić information content (AvgIpc) is 3.63. The molecule has 0 bridgehead atoms. The molecular weight excluding hydrogens is 659 g/mol. The maximum atomic E-state index is 14.4. The van der Waals surface area contributed by atoms with Crippen LogP contribution in [-0.4, -0.2) is 73.2 Å². The lowest BCUT2D eigenvalue weighted by atomic mass is 9.97. The number of nitrogens with one attached hydrogen (secondary N) is 4. The number of anilines is 3. The highest BCUT2D eigenvalue weighted by molar-refractivity contribution is 6.10. The number of fused-ring (bicyclic) bond motifs is 1. The Labute approximate surface area is 297 Å². The third-order valence-corrected chi connectivity index (χ3v) is 10.1. The second-order valence-corrected chi connectivity index (χ2v) is 13.3. The van der Waals surface area contributed by atoms with Gasteiger partial charge in [0.1, 0.15) is 11.2 Å². The van der Waals surface area contributed by atoms with E-state index in [1.54, 1.807) is 18.3 Å². The van der Waals surface area contributed by atoms with Crippen LogP contribution in [-0.2, 0) is 13.0 Å². The Kier molecular flexibility index (Phi) is 7.76. The minimum atomic E-state index is -0.423. The number of amides is 1. The highest BCUT2D eigenvalue weighted by Crippen LogP contribution is 2.35. The summed E-state index contributed by atoms with van der Waals surface area (Å²) in [5.74, 6) is 0.216. The van der Waals surface area contributed by atoms with Gasteiger partial charge < -0.3 is 20.5 Å². The molecule has 52 heavy (non-hydrogen) atoms. The van der Waals surface area contributed by atoms with Crippen molar-refractivity contribution in [3.8, 4) is 17.1 Å². The van der Waals surface area contributed by atoms with Crippen molar-refractivity contribution in [1.29, 1.82) is 0 Å². The van der Waals surface area contributed by atoms with Gasteiger partial charge in [-0.1, -0.05) is 18.2 Å². The zero-order valence-corrected chi connectivity index (χ0v) is 28.4. The number of carbonyl (C=O) groups is 1. The van der Waals surface area contributed by atoms with Gasteiger partial charge in [-0.25, -0.2) is 14.4 Å². The molecule has 13 heteroatoms. The summed E-state index contributed by atoms with van der Waals surface area (Å²) in [5.41, 5.74) is 8.72. The van der Waals surface area contributed by atoms with Crippen molar-refractivity contribution in [3.63, 3.8) is 0 Å². The van der Waals surface area contributed by atoms with Crippen molar-refractivity contribution in [2.24, 2.45) is 0 Å². The standard InChI is InChI=1S/C39H35FN10O2/c1-23-18-24(35-29-11-13-42-37(51)30-19-26(40)20-32(45-35)34(29)30)5-6-25(23)22-48-14-16-49(17-15-48)28-9-7-27(8-10-28)44-39-43-21-31-36(46-39)47-50(38(31)52)33-4-2-3-12-41-33/h2-10,12,18-21,45H,11,13-17,22H2,1H3,(H,42,51)(H2,43,44,46,47). The van der Waals surface area contributed by atoms with Gasteiger partial charge in [-0.15, -0.1) is 0 Å². The predicted octanol–water partition coefficient (Wildman–Crippen LogP) is 5.45. The second-order valence-electron chi connectivity index (χ2n) is 13.3. The fourth-order valence-electron chi connectivity index (χ4n) is 7.36. The summed E-state index contributed by atoms with van der Waals surface area (Å²) in [5, 5.41) is 10.4. The normalized spacial score (nSPS) is 14.9. The minimum Gasteiger partial charge on any atom is -0.369 e. The minimum absolute atomic E-state index is 0.233. The number of halogens is 1. The van der Waals surface area contributed by atoms with E-state index in [-0.39, 0.29) is 11.5 Å². The molecule has 3 aromatic carbocycles. The van der Waals surface area contributed by atoms with E-state index in [0.29, 0.717) is 46.8 Å². The molecule has 2 aliphatic heterocycles. The predicted molar refractivity (Wildman–Crippen MR) is 199 cm³/mol. The van der Waals surface area contributed by atoms with Crippen LogP contribution in [0.2, 0.25) is 0 Å². The number of hydrogen-bond acceptors (Lipinski definition) is 8. The Morgan fingerprint density at radius 2 is 1.79 bits per heavy atom. The molecule has 1 amide bonds.